The number of phenols is 1. The van der Waals surface area contributed by atoms with Crippen LogP contribution < -0.4 is 0 Å². The minimum Gasteiger partial charge on any atom is -0.507 e. The Labute approximate surface area is 71.8 Å². The first kappa shape index (κ1) is 8.81. The van der Waals surface area contributed by atoms with Gasteiger partial charge in [0.2, 0.25) is 0 Å². The van der Waals surface area contributed by atoms with Gasteiger partial charge in [0, 0.05) is 5.56 Å². The van der Waals surface area contributed by atoms with Gasteiger partial charge in [-0.1, -0.05) is 23.8 Å². The Morgan fingerprint density at radius 2 is 2.17 bits per heavy atom. The summed E-state index contributed by atoms with van der Waals surface area (Å²) in [6.45, 7) is 1.95. The van der Waals surface area contributed by atoms with Crippen LogP contribution in [0.4, 0.5) is 0 Å². The van der Waals surface area contributed by atoms with E-state index in [1.165, 1.54) is 0 Å². The number of aromatic hydroxyl groups is 1. The molecule has 2 nitrogen and oxygen atoms in total. The zero-order chi connectivity index (χ0) is 8.97. The number of aryl methyl sites for hydroxylation is 1. The summed E-state index contributed by atoms with van der Waals surface area (Å²) >= 11 is 0. The molecule has 0 aliphatic heterocycles. The van der Waals surface area contributed by atoms with Crippen LogP contribution in [0.1, 0.15) is 11.1 Å². The fourth-order valence-electron chi connectivity index (χ4n) is 0.987. The summed E-state index contributed by atoms with van der Waals surface area (Å²) < 4.78 is 0. The van der Waals surface area contributed by atoms with E-state index in [0.29, 0.717) is 0 Å². The third-order valence-electron chi connectivity index (χ3n) is 1.59. The van der Waals surface area contributed by atoms with Gasteiger partial charge in [0.1, 0.15) is 5.75 Å². The summed E-state index contributed by atoms with van der Waals surface area (Å²) in [4.78, 5) is 0. The molecule has 64 valence electrons. The van der Waals surface area contributed by atoms with Gasteiger partial charge in [-0.2, -0.15) is 0 Å². The van der Waals surface area contributed by atoms with Crippen LogP contribution in [-0.2, 0) is 0 Å². The molecule has 1 aromatic rings. The smallest absolute Gasteiger partial charge is 0.122 e. The quantitative estimate of drug-likeness (QED) is 0.698. The van der Waals surface area contributed by atoms with Crippen molar-refractivity contribution in [1.29, 1.82) is 0 Å². The van der Waals surface area contributed by atoms with E-state index in [1.807, 2.05) is 19.1 Å². The van der Waals surface area contributed by atoms with E-state index in [9.17, 15) is 5.11 Å². The molecule has 1 rings (SSSR count). The van der Waals surface area contributed by atoms with Gasteiger partial charge in [-0.3, -0.25) is 0 Å². The van der Waals surface area contributed by atoms with E-state index in [1.54, 1.807) is 18.2 Å². The number of aliphatic hydroxyl groups excluding tert-OH is 1. The third kappa shape index (κ3) is 2.10. The SMILES string of the molecule is Cc1ccc(O)c(/C=C/CO)c1. The summed E-state index contributed by atoms with van der Waals surface area (Å²) in [7, 11) is 0. The molecular weight excluding hydrogens is 152 g/mol. The monoisotopic (exact) mass is 164 g/mol. The average molecular weight is 164 g/mol. The van der Waals surface area contributed by atoms with Gasteiger partial charge in [-0.15, -0.1) is 0 Å². The van der Waals surface area contributed by atoms with Gasteiger partial charge < -0.3 is 10.2 Å². The standard InChI is InChI=1S/C10H12O2/c1-8-4-5-10(12)9(7-8)3-2-6-11/h2-5,7,11-12H,6H2,1H3/b3-2+. The normalized spacial score (nSPS) is 10.8. The Morgan fingerprint density at radius 1 is 1.42 bits per heavy atom. The van der Waals surface area contributed by atoms with Crippen LogP contribution >= 0.6 is 0 Å². The molecule has 0 fully saturated rings. The summed E-state index contributed by atoms with van der Waals surface area (Å²) in [6, 6.07) is 5.35. The molecule has 0 aliphatic rings. The van der Waals surface area contributed by atoms with E-state index in [2.05, 4.69) is 0 Å². The molecule has 0 aliphatic carbocycles. The van der Waals surface area contributed by atoms with Crippen LogP contribution in [0, 0.1) is 6.92 Å². The first-order valence-corrected chi connectivity index (χ1v) is 3.81. The van der Waals surface area contributed by atoms with Crippen LogP contribution in [0.25, 0.3) is 6.08 Å². The van der Waals surface area contributed by atoms with Gasteiger partial charge in [-0.05, 0) is 19.1 Å². The number of hydrogen-bond donors (Lipinski definition) is 2. The summed E-state index contributed by atoms with van der Waals surface area (Å²) in [6.07, 6.45) is 3.29. The fraction of sp³-hybridized carbons (Fsp3) is 0.200. The predicted molar refractivity (Wildman–Crippen MR) is 49.0 cm³/mol. The Kier molecular flexibility index (Phi) is 2.88. The van der Waals surface area contributed by atoms with Crippen LogP contribution in [0.5, 0.6) is 5.75 Å². The maximum absolute atomic E-state index is 9.33. The molecule has 0 radical (unpaired) electrons. The molecule has 0 unspecified atom stereocenters. The highest BCUT2D eigenvalue weighted by molar-refractivity contribution is 5.57. The molecule has 0 aromatic heterocycles. The first-order valence-electron chi connectivity index (χ1n) is 3.81. The molecule has 0 amide bonds. The van der Waals surface area contributed by atoms with Crippen molar-refractivity contribution in [3.63, 3.8) is 0 Å². The molecule has 0 spiro atoms. The molecule has 0 bridgehead atoms. The zero-order valence-electron chi connectivity index (χ0n) is 6.99. The van der Waals surface area contributed by atoms with E-state index < -0.39 is 0 Å². The first-order chi connectivity index (χ1) is 5.74. The Morgan fingerprint density at radius 3 is 2.83 bits per heavy atom. The van der Waals surface area contributed by atoms with Gasteiger partial charge in [0.05, 0.1) is 6.61 Å². The highest BCUT2D eigenvalue weighted by Crippen LogP contribution is 2.19. The summed E-state index contributed by atoms with van der Waals surface area (Å²) in [5.74, 6) is 0.241. The van der Waals surface area contributed by atoms with Crippen molar-refractivity contribution in [3.05, 3.63) is 35.4 Å². The molecule has 0 atom stereocenters. The van der Waals surface area contributed by atoms with Crippen molar-refractivity contribution in [3.8, 4) is 5.75 Å². The summed E-state index contributed by atoms with van der Waals surface area (Å²) in [5.41, 5.74) is 1.83. The van der Waals surface area contributed by atoms with E-state index in [0.717, 1.165) is 11.1 Å². The predicted octanol–water partition coefficient (Wildman–Crippen LogP) is 1.71. The lowest BCUT2D eigenvalue weighted by molar-refractivity contribution is 0.343. The van der Waals surface area contributed by atoms with Crippen LogP contribution in [0.2, 0.25) is 0 Å². The molecule has 0 saturated heterocycles. The number of phenolic OH excluding ortho intramolecular Hbond substituents is 1. The van der Waals surface area contributed by atoms with Crippen molar-refractivity contribution in [2.24, 2.45) is 0 Å². The van der Waals surface area contributed by atoms with E-state index >= 15 is 0 Å². The number of aliphatic hydroxyl groups is 1. The molecular formula is C10H12O2. The Hall–Kier alpha value is -1.28. The van der Waals surface area contributed by atoms with Crippen molar-refractivity contribution in [2.75, 3.05) is 6.61 Å². The molecule has 0 heterocycles. The molecule has 1 aromatic carbocycles. The minimum absolute atomic E-state index is 0.00657. The maximum atomic E-state index is 9.33. The number of rotatable bonds is 2. The second kappa shape index (κ2) is 3.93. The number of benzene rings is 1. The maximum Gasteiger partial charge on any atom is 0.122 e. The largest absolute Gasteiger partial charge is 0.507 e. The molecule has 12 heavy (non-hydrogen) atoms. The number of hydrogen-bond acceptors (Lipinski definition) is 2. The highest BCUT2D eigenvalue weighted by atomic mass is 16.3. The van der Waals surface area contributed by atoms with Crippen molar-refractivity contribution >= 4 is 6.08 Å². The zero-order valence-corrected chi connectivity index (χ0v) is 6.99. The average Bonchev–Trinajstić information content (AvgIpc) is 2.07. The van der Waals surface area contributed by atoms with Crippen LogP contribution in [-0.4, -0.2) is 16.8 Å². The van der Waals surface area contributed by atoms with Gasteiger partial charge >= 0.3 is 0 Å². The molecule has 0 saturated carbocycles. The highest BCUT2D eigenvalue weighted by Gasteiger charge is 1.95. The lowest BCUT2D eigenvalue weighted by Gasteiger charge is -1.99. The van der Waals surface area contributed by atoms with Crippen molar-refractivity contribution in [1.82, 2.24) is 0 Å². The third-order valence-corrected chi connectivity index (χ3v) is 1.59. The lowest BCUT2D eigenvalue weighted by Crippen LogP contribution is -1.78. The Balaban J connectivity index is 2.97. The molecule has 2 heteroatoms. The minimum atomic E-state index is -0.00657. The van der Waals surface area contributed by atoms with Crippen molar-refractivity contribution in [2.45, 2.75) is 6.92 Å². The van der Waals surface area contributed by atoms with Crippen molar-refractivity contribution < 1.29 is 10.2 Å². The Bertz CT molecular complexity index is 290. The van der Waals surface area contributed by atoms with Gasteiger partial charge in [-0.25, -0.2) is 0 Å². The topological polar surface area (TPSA) is 40.5 Å². The second-order valence-corrected chi connectivity index (χ2v) is 2.65. The molecule has 2 N–H and O–H groups in total. The lowest BCUT2D eigenvalue weighted by atomic mass is 10.1. The van der Waals surface area contributed by atoms with Gasteiger partial charge in [0.15, 0.2) is 0 Å². The van der Waals surface area contributed by atoms with Gasteiger partial charge in [0.25, 0.3) is 0 Å². The van der Waals surface area contributed by atoms with E-state index in [4.69, 9.17) is 5.11 Å². The van der Waals surface area contributed by atoms with Crippen LogP contribution in [0.3, 0.4) is 0 Å². The second-order valence-electron chi connectivity index (χ2n) is 2.65. The fourth-order valence-corrected chi connectivity index (χ4v) is 0.987. The van der Waals surface area contributed by atoms with Crippen LogP contribution in [0.15, 0.2) is 24.3 Å². The summed E-state index contributed by atoms with van der Waals surface area (Å²) in [5, 5.41) is 17.8. The van der Waals surface area contributed by atoms with E-state index in [-0.39, 0.29) is 12.4 Å².